The molecular formula is C23H37N3O2. The zero-order chi connectivity index (χ0) is 20.2. The lowest BCUT2D eigenvalue weighted by atomic mass is 9.65. The first kappa shape index (κ1) is 21.1. The van der Waals surface area contributed by atoms with Crippen LogP contribution in [0.15, 0.2) is 29.3 Å². The molecule has 0 amide bonds. The quantitative estimate of drug-likeness (QED) is 0.593. The summed E-state index contributed by atoms with van der Waals surface area (Å²) < 4.78 is 11.5. The van der Waals surface area contributed by atoms with Crippen LogP contribution in [0.5, 0.6) is 0 Å². The fraction of sp³-hybridized carbons (Fsp3) is 0.696. The summed E-state index contributed by atoms with van der Waals surface area (Å²) in [6, 6.07) is 8.61. The molecule has 2 aliphatic heterocycles. The molecule has 2 heterocycles. The van der Waals surface area contributed by atoms with Gasteiger partial charge in [-0.25, -0.2) is 4.99 Å². The molecule has 0 saturated carbocycles. The maximum atomic E-state index is 6.07. The molecule has 2 fully saturated rings. The lowest BCUT2D eigenvalue weighted by Crippen LogP contribution is -2.72. The minimum Gasteiger partial charge on any atom is -0.381 e. The predicted molar refractivity (Wildman–Crippen MR) is 114 cm³/mol. The highest BCUT2D eigenvalue weighted by atomic mass is 16.5. The van der Waals surface area contributed by atoms with Gasteiger partial charge in [-0.3, -0.25) is 0 Å². The fourth-order valence-corrected chi connectivity index (χ4v) is 3.84. The fourth-order valence-electron chi connectivity index (χ4n) is 3.84. The van der Waals surface area contributed by atoms with E-state index >= 15 is 0 Å². The number of nitrogens with zero attached hydrogens (tertiary/aromatic N) is 2. The molecule has 1 aromatic carbocycles. The first-order chi connectivity index (χ1) is 13.3. The van der Waals surface area contributed by atoms with Crippen LogP contribution in [0.25, 0.3) is 0 Å². The van der Waals surface area contributed by atoms with Crippen LogP contribution < -0.4 is 5.32 Å². The molecule has 1 aromatic rings. The van der Waals surface area contributed by atoms with Gasteiger partial charge in [0.1, 0.15) is 0 Å². The number of rotatable bonds is 6. The predicted octanol–water partition coefficient (Wildman–Crippen LogP) is 3.97. The van der Waals surface area contributed by atoms with Crippen molar-refractivity contribution in [1.29, 1.82) is 0 Å². The molecule has 5 heteroatoms. The Morgan fingerprint density at radius 2 is 1.93 bits per heavy atom. The minimum atomic E-state index is 0.105. The molecule has 0 aromatic heterocycles. The molecule has 2 saturated heterocycles. The van der Waals surface area contributed by atoms with Crippen molar-refractivity contribution in [1.82, 2.24) is 10.2 Å². The van der Waals surface area contributed by atoms with Crippen molar-refractivity contribution in [3.63, 3.8) is 0 Å². The van der Waals surface area contributed by atoms with Crippen LogP contribution >= 0.6 is 0 Å². The van der Waals surface area contributed by atoms with Crippen LogP contribution in [0.4, 0.5) is 0 Å². The molecule has 0 radical (unpaired) electrons. The van der Waals surface area contributed by atoms with Crippen LogP contribution in [-0.2, 0) is 22.6 Å². The monoisotopic (exact) mass is 387 g/mol. The molecule has 0 spiro atoms. The van der Waals surface area contributed by atoms with Gasteiger partial charge in [-0.1, -0.05) is 38.1 Å². The van der Waals surface area contributed by atoms with Crippen LogP contribution in [0.3, 0.4) is 0 Å². The Balaban J connectivity index is 1.61. The van der Waals surface area contributed by atoms with E-state index in [0.717, 1.165) is 45.1 Å². The van der Waals surface area contributed by atoms with Gasteiger partial charge in [0.25, 0.3) is 0 Å². The maximum Gasteiger partial charge on any atom is 0.194 e. The molecule has 0 atom stereocenters. The Morgan fingerprint density at radius 1 is 1.21 bits per heavy atom. The van der Waals surface area contributed by atoms with E-state index in [0.29, 0.717) is 24.7 Å². The van der Waals surface area contributed by atoms with Crippen LogP contribution in [0.2, 0.25) is 0 Å². The van der Waals surface area contributed by atoms with Gasteiger partial charge in [0.05, 0.1) is 19.3 Å². The molecule has 1 N–H and O–H groups in total. The van der Waals surface area contributed by atoms with E-state index in [1.54, 1.807) is 0 Å². The number of aliphatic imine (C=N–C) groups is 1. The van der Waals surface area contributed by atoms with Gasteiger partial charge in [0, 0.05) is 37.3 Å². The molecular weight excluding hydrogens is 350 g/mol. The number of ether oxygens (including phenoxy) is 2. The smallest absolute Gasteiger partial charge is 0.194 e. The second-order valence-electron chi connectivity index (χ2n) is 9.14. The Hall–Kier alpha value is -1.59. The second kappa shape index (κ2) is 8.83. The lowest BCUT2D eigenvalue weighted by molar-refractivity contribution is -0.0667. The zero-order valence-electron chi connectivity index (χ0n) is 18.3. The van der Waals surface area contributed by atoms with Gasteiger partial charge in [0.15, 0.2) is 5.96 Å². The summed E-state index contributed by atoms with van der Waals surface area (Å²) in [6.07, 6.45) is 2.32. The van der Waals surface area contributed by atoms with Crippen molar-refractivity contribution in [3.8, 4) is 0 Å². The summed E-state index contributed by atoms with van der Waals surface area (Å²) in [5, 5.41) is 3.47. The highest BCUT2D eigenvalue weighted by Gasteiger charge is 2.53. The topological polar surface area (TPSA) is 46.1 Å². The van der Waals surface area contributed by atoms with Crippen molar-refractivity contribution >= 4 is 5.96 Å². The highest BCUT2D eigenvalue weighted by Crippen LogP contribution is 2.46. The Labute approximate surface area is 170 Å². The number of hydrogen-bond donors (Lipinski definition) is 1. The van der Waals surface area contributed by atoms with Gasteiger partial charge in [-0.2, -0.15) is 0 Å². The van der Waals surface area contributed by atoms with E-state index in [2.05, 4.69) is 69.1 Å². The summed E-state index contributed by atoms with van der Waals surface area (Å²) in [7, 11) is 0. The number of hydrogen-bond acceptors (Lipinski definition) is 3. The number of likely N-dealkylation sites (tertiary alicyclic amines) is 1. The van der Waals surface area contributed by atoms with Crippen LogP contribution in [0, 0.1) is 5.41 Å². The average Bonchev–Trinajstić information content (AvgIpc) is 2.69. The van der Waals surface area contributed by atoms with E-state index in [1.807, 2.05) is 0 Å². The summed E-state index contributed by atoms with van der Waals surface area (Å²) in [4.78, 5) is 7.33. The van der Waals surface area contributed by atoms with Gasteiger partial charge in [0.2, 0.25) is 0 Å². The van der Waals surface area contributed by atoms with E-state index < -0.39 is 0 Å². The van der Waals surface area contributed by atoms with Crippen molar-refractivity contribution in [2.24, 2.45) is 10.4 Å². The Morgan fingerprint density at radius 3 is 2.57 bits per heavy atom. The third kappa shape index (κ3) is 4.69. The summed E-state index contributed by atoms with van der Waals surface area (Å²) in [5.41, 5.74) is 2.84. The van der Waals surface area contributed by atoms with Crippen molar-refractivity contribution in [2.75, 3.05) is 26.3 Å². The molecule has 3 rings (SSSR count). The van der Waals surface area contributed by atoms with E-state index in [1.165, 1.54) is 11.1 Å². The molecule has 156 valence electrons. The zero-order valence-corrected chi connectivity index (χ0v) is 18.3. The van der Waals surface area contributed by atoms with Crippen molar-refractivity contribution in [2.45, 2.75) is 72.3 Å². The number of benzene rings is 1. The van der Waals surface area contributed by atoms with Gasteiger partial charge in [-0.15, -0.1) is 0 Å². The minimum absolute atomic E-state index is 0.105. The average molecular weight is 388 g/mol. The number of guanidine groups is 1. The molecule has 5 nitrogen and oxygen atoms in total. The largest absolute Gasteiger partial charge is 0.381 e. The summed E-state index contributed by atoms with van der Waals surface area (Å²) >= 11 is 0. The lowest BCUT2D eigenvalue weighted by Gasteiger charge is -2.62. The molecule has 0 bridgehead atoms. The van der Waals surface area contributed by atoms with E-state index in [-0.39, 0.29) is 5.54 Å². The second-order valence-corrected chi connectivity index (χ2v) is 9.14. The molecule has 2 aliphatic rings. The van der Waals surface area contributed by atoms with Gasteiger partial charge >= 0.3 is 0 Å². The van der Waals surface area contributed by atoms with Gasteiger partial charge < -0.3 is 19.7 Å². The van der Waals surface area contributed by atoms with Gasteiger partial charge in [-0.05, 0) is 44.7 Å². The maximum absolute atomic E-state index is 6.07. The van der Waals surface area contributed by atoms with Crippen molar-refractivity contribution < 1.29 is 9.47 Å². The number of nitrogens with one attached hydrogen (secondary N) is 1. The third-order valence-electron chi connectivity index (χ3n) is 6.53. The first-order valence-corrected chi connectivity index (χ1v) is 10.7. The normalized spacial score (nSPS) is 22.0. The molecule has 28 heavy (non-hydrogen) atoms. The molecule has 0 aliphatic carbocycles. The third-order valence-corrected chi connectivity index (χ3v) is 6.53. The van der Waals surface area contributed by atoms with E-state index in [9.17, 15) is 0 Å². The highest BCUT2D eigenvalue weighted by molar-refractivity contribution is 5.82. The summed E-state index contributed by atoms with van der Waals surface area (Å²) in [6.45, 7) is 16.3. The van der Waals surface area contributed by atoms with Crippen LogP contribution in [0.1, 0.15) is 58.6 Å². The first-order valence-electron chi connectivity index (χ1n) is 10.7. The van der Waals surface area contributed by atoms with E-state index in [4.69, 9.17) is 14.5 Å². The Kier molecular flexibility index (Phi) is 6.66. The standard InChI is InChI=1S/C23H37N3O2/c1-6-24-21(26-17-22(2,3)23(26,4)5)25-15-18-8-7-9-19(14-18)16-28-20-10-12-27-13-11-20/h7-9,14,20H,6,10-13,15-17H2,1-5H3,(H,24,25). The molecule has 0 unspecified atom stereocenters. The SMILES string of the molecule is CCNC(=NCc1cccc(COC2CCOCC2)c1)N1CC(C)(C)C1(C)C. The van der Waals surface area contributed by atoms with Crippen LogP contribution in [-0.4, -0.2) is 48.8 Å². The summed E-state index contributed by atoms with van der Waals surface area (Å²) in [5.74, 6) is 1.01. The Bertz CT molecular complexity index is 678. The van der Waals surface area contributed by atoms with Crippen molar-refractivity contribution in [3.05, 3.63) is 35.4 Å².